The van der Waals surface area contributed by atoms with Gasteiger partial charge in [-0.2, -0.15) is 0 Å². The minimum Gasteiger partial charge on any atom is -0.345 e. The quantitative estimate of drug-likeness (QED) is 0.571. The Kier molecular flexibility index (Phi) is 5.31. The van der Waals surface area contributed by atoms with Gasteiger partial charge in [0.25, 0.3) is 11.6 Å². The molecule has 5 nitrogen and oxygen atoms in total. The van der Waals surface area contributed by atoms with E-state index in [1.807, 2.05) is 31.2 Å². The Morgan fingerprint density at radius 1 is 1.18 bits per heavy atom. The number of rotatable bonds is 4. The van der Waals surface area contributed by atoms with Crippen LogP contribution in [-0.2, 0) is 0 Å². The first-order chi connectivity index (χ1) is 10.4. The molecule has 0 saturated carbocycles. The standard InChI is InChI=1S/C15H12Br2N2O3/c1-9(11-4-2-3-5-12(11)16)18-15(20)10-6-7-13(17)14(8-10)19(21)22/h2-9H,1H3,(H,18,20). The van der Waals surface area contributed by atoms with Gasteiger partial charge in [-0.3, -0.25) is 14.9 Å². The van der Waals surface area contributed by atoms with Crippen molar-refractivity contribution >= 4 is 43.5 Å². The molecule has 0 saturated heterocycles. The summed E-state index contributed by atoms with van der Waals surface area (Å²) < 4.78 is 1.23. The first-order valence-corrected chi connectivity index (χ1v) is 7.98. The van der Waals surface area contributed by atoms with Gasteiger partial charge in [-0.1, -0.05) is 34.1 Å². The SMILES string of the molecule is CC(NC(=O)c1ccc(Br)c([N+](=O)[O-])c1)c1ccccc1Br. The fourth-order valence-electron chi connectivity index (χ4n) is 1.98. The third-order valence-corrected chi connectivity index (χ3v) is 4.52. The molecule has 0 fully saturated rings. The van der Waals surface area contributed by atoms with E-state index in [1.54, 1.807) is 6.07 Å². The summed E-state index contributed by atoms with van der Waals surface area (Å²) in [5, 5.41) is 13.8. The molecule has 0 aromatic heterocycles. The van der Waals surface area contributed by atoms with E-state index >= 15 is 0 Å². The Bertz CT molecular complexity index is 734. The van der Waals surface area contributed by atoms with Crippen LogP contribution in [0.2, 0.25) is 0 Å². The van der Waals surface area contributed by atoms with E-state index < -0.39 is 4.92 Å². The number of nitro benzene ring substituents is 1. The van der Waals surface area contributed by atoms with Gasteiger partial charge in [0.15, 0.2) is 0 Å². The number of amides is 1. The molecule has 0 aliphatic rings. The number of hydrogen-bond donors (Lipinski definition) is 1. The Morgan fingerprint density at radius 2 is 1.86 bits per heavy atom. The lowest BCUT2D eigenvalue weighted by atomic mass is 10.1. The van der Waals surface area contributed by atoms with E-state index in [-0.39, 0.29) is 23.2 Å². The Hall–Kier alpha value is -1.73. The molecule has 1 atom stereocenters. The third-order valence-electron chi connectivity index (χ3n) is 3.12. The van der Waals surface area contributed by atoms with Crippen LogP contribution in [-0.4, -0.2) is 10.8 Å². The number of hydrogen-bond acceptors (Lipinski definition) is 3. The normalized spacial score (nSPS) is 11.8. The highest BCUT2D eigenvalue weighted by Crippen LogP contribution is 2.27. The van der Waals surface area contributed by atoms with Crippen LogP contribution in [0.4, 0.5) is 5.69 Å². The third kappa shape index (κ3) is 3.72. The second-order valence-electron chi connectivity index (χ2n) is 4.64. The Morgan fingerprint density at radius 3 is 2.50 bits per heavy atom. The lowest BCUT2D eigenvalue weighted by Gasteiger charge is -2.16. The van der Waals surface area contributed by atoms with Gasteiger partial charge < -0.3 is 5.32 Å². The maximum Gasteiger partial charge on any atom is 0.284 e. The summed E-state index contributed by atoms with van der Waals surface area (Å²) in [5.41, 5.74) is 1.04. The number of halogens is 2. The number of carbonyl (C=O) groups excluding carboxylic acids is 1. The van der Waals surface area contributed by atoms with E-state index in [4.69, 9.17) is 0 Å². The predicted molar refractivity (Wildman–Crippen MR) is 90.8 cm³/mol. The fourth-order valence-corrected chi connectivity index (χ4v) is 3.00. The van der Waals surface area contributed by atoms with Crippen molar-refractivity contribution in [3.63, 3.8) is 0 Å². The minimum absolute atomic E-state index is 0.138. The van der Waals surface area contributed by atoms with E-state index in [0.717, 1.165) is 10.0 Å². The molecule has 2 rings (SSSR count). The molecule has 0 spiro atoms. The van der Waals surface area contributed by atoms with E-state index in [0.29, 0.717) is 4.47 Å². The number of carbonyl (C=O) groups is 1. The van der Waals surface area contributed by atoms with Crippen molar-refractivity contribution in [2.24, 2.45) is 0 Å². The van der Waals surface area contributed by atoms with Crippen molar-refractivity contribution in [1.82, 2.24) is 5.32 Å². The molecule has 0 heterocycles. The van der Waals surface area contributed by atoms with Crippen LogP contribution in [0.3, 0.4) is 0 Å². The van der Waals surface area contributed by atoms with Gasteiger partial charge in [-0.05, 0) is 46.6 Å². The lowest BCUT2D eigenvalue weighted by molar-refractivity contribution is -0.385. The van der Waals surface area contributed by atoms with Gasteiger partial charge in [0.1, 0.15) is 0 Å². The minimum atomic E-state index is -0.530. The second kappa shape index (κ2) is 7.02. The van der Waals surface area contributed by atoms with E-state index in [9.17, 15) is 14.9 Å². The highest BCUT2D eigenvalue weighted by molar-refractivity contribution is 9.10. The van der Waals surface area contributed by atoms with Crippen LogP contribution < -0.4 is 5.32 Å². The van der Waals surface area contributed by atoms with Gasteiger partial charge in [0, 0.05) is 16.1 Å². The van der Waals surface area contributed by atoms with Crippen molar-refractivity contribution < 1.29 is 9.72 Å². The monoisotopic (exact) mass is 426 g/mol. The molecular formula is C15H12Br2N2O3. The maximum atomic E-state index is 12.3. The zero-order valence-electron chi connectivity index (χ0n) is 11.5. The van der Waals surface area contributed by atoms with Crippen LogP contribution in [0, 0.1) is 10.1 Å². The van der Waals surface area contributed by atoms with Crippen molar-refractivity contribution in [3.8, 4) is 0 Å². The number of nitrogens with zero attached hydrogens (tertiary/aromatic N) is 1. The Labute approximate surface area is 144 Å². The van der Waals surface area contributed by atoms with Crippen LogP contribution in [0.5, 0.6) is 0 Å². The highest BCUT2D eigenvalue weighted by atomic mass is 79.9. The topological polar surface area (TPSA) is 72.2 Å². The molecule has 0 radical (unpaired) electrons. The first-order valence-electron chi connectivity index (χ1n) is 6.39. The summed E-state index contributed by atoms with van der Waals surface area (Å²) in [6, 6.07) is 11.6. The molecule has 0 bridgehead atoms. The molecular weight excluding hydrogens is 416 g/mol. The first kappa shape index (κ1) is 16.6. The molecule has 0 aliphatic heterocycles. The average Bonchev–Trinajstić information content (AvgIpc) is 2.47. The molecule has 2 aromatic rings. The maximum absolute atomic E-state index is 12.3. The summed E-state index contributed by atoms with van der Waals surface area (Å²) >= 11 is 6.53. The van der Waals surface area contributed by atoms with Crippen molar-refractivity contribution in [1.29, 1.82) is 0 Å². The highest BCUT2D eigenvalue weighted by Gasteiger charge is 2.18. The summed E-state index contributed by atoms with van der Waals surface area (Å²) in [6.45, 7) is 1.85. The van der Waals surface area contributed by atoms with Gasteiger partial charge in [-0.25, -0.2) is 0 Å². The number of benzene rings is 2. The molecule has 1 amide bonds. The molecule has 7 heteroatoms. The van der Waals surface area contributed by atoms with E-state index in [1.165, 1.54) is 12.1 Å². The fraction of sp³-hybridized carbons (Fsp3) is 0.133. The Balaban J connectivity index is 2.21. The molecule has 1 N–H and O–H groups in total. The zero-order valence-corrected chi connectivity index (χ0v) is 14.7. The second-order valence-corrected chi connectivity index (χ2v) is 6.35. The largest absolute Gasteiger partial charge is 0.345 e. The van der Waals surface area contributed by atoms with Crippen LogP contribution in [0.15, 0.2) is 51.4 Å². The van der Waals surface area contributed by atoms with Gasteiger partial charge in [-0.15, -0.1) is 0 Å². The van der Waals surface area contributed by atoms with Crippen LogP contribution in [0.1, 0.15) is 28.9 Å². The average molecular weight is 428 g/mol. The smallest absolute Gasteiger partial charge is 0.284 e. The van der Waals surface area contributed by atoms with Gasteiger partial charge in [0.05, 0.1) is 15.4 Å². The molecule has 1 unspecified atom stereocenters. The van der Waals surface area contributed by atoms with Crippen molar-refractivity contribution in [2.75, 3.05) is 0 Å². The summed E-state index contributed by atoms with van der Waals surface area (Å²) in [6.07, 6.45) is 0. The van der Waals surface area contributed by atoms with Crippen molar-refractivity contribution in [3.05, 3.63) is 72.7 Å². The lowest BCUT2D eigenvalue weighted by Crippen LogP contribution is -2.26. The number of nitrogens with one attached hydrogen (secondary N) is 1. The predicted octanol–water partition coefficient (Wildman–Crippen LogP) is 4.61. The van der Waals surface area contributed by atoms with E-state index in [2.05, 4.69) is 37.2 Å². The molecule has 2 aromatic carbocycles. The van der Waals surface area contributed by atoms with Crippen molar-refractivity contribution in [2.45, 2.75) is 13.0 Å². The summed E-state index contributed by atoms with van der Waals surface area (Å²) in [5.74, 6) is -0.362. The van der Waals surface area contributed by atoms with Crippen LogP contribution in [0.25, 0.3) is 0 Å². The molecule has 0 aliphatic carbocycles. The molecule has 114 valence electrons. The summed E-state index contributed by atoms with van der Waals surface area (Å²) in [4.78, 5) is 22.7. The molecule has 22 heavy (non-hydrogen) atoms. The van der Waals surface area contributed by atoms with Gasteiger partial charge >= 0.3 is 0 Å². The zero-order chi connectivity index (χ0) is 16.3. The van der Waals surface area contributed by atoms with Crippen LogP contribution >= 0.6 is 31.9 Å². The van der Waals surface area contributed by atoms with Gasteiger partial charge in [0.2, 0.25) is 0 Å². The summed E-state index contributed by atoms with van der Waals surface area (Å²) in [7, 11) is 0. The number of nitro groups is 1.